The van der Waals surface area contributed by atoms with Crippen molar-refractivity contribution in [2.45, 2.75) is 91.2 Å². The summed E-state index contributed by atoms with van der Waals surface area (Å²) in [5, 5.41) is 0. The SMILES string of the molecule is C=C1CC23CCCC1(F)C/C(C)=C/CC(C)(C)C(C)(CC2)C3. The Bertz CT molecular complexity index is 514. The third-order valence-electron chi connectivity index (χ3n) is 7.63. The van der Waals surface area contributed by atoms with E-state index in [0.717, 1.165) is 24.8 Å². The van der Waals surface area contributed by atoms with Crippen LogP contribution in [0.15, 0.2) is 23.8 Å². The molecule has 2 saturated carbocycles. The van der Waals surface area contributed by atoms with Crippen LogP contribution < -0.4 is 0 Å². The fourth-order valence-electron chi connectivity index (χ4n) is 5.51. The van der Waals surface area contributed by atoms with Crippen LogP contribution >= 0.6 is 0 Å². The summed E-state index contributed by atoms with van der Waals surface area (Å²) < 4.78 is 15.6. The highest BCUT2D eigenvalue weighted by atomic mass is 19.1. The number of hydrogen-bond donors (Lipinski definition) is 0. The zero-order valence-electron chi connectivity index (χ0n) is 15.0. The second-order valence-corrected chi connectivity index (χ2v) is 9.65. The number of alkyl halides is 1. The number of allylic oxidation sites excluding steroid dienone is 3. The Kier molecular flexibility index (Phi) is 3.66. The molecule has 3 bridgehead atoms. The van der Waals surface area contributed by atoms with Gasteiger partial charge in [-0.1, -0.05) is 39.0 Å². The topological polar surface area (TPSA) is 0 Å². The zero-order valence-corrected chi connectivity index (χ0v) is 15.0. The highest BCUT2D eigenvalue weighted by molar-refractivity contribution is 5.24. The van der Waals surface area contributed by atoms with Crippen molar-refractivity contribution in [2.75, 3.05) is 0 Å². The first-order valence-electron chi connectivity index (χ1n) is 9.13. The Morgan fingerprint density at radius 1 is 1.05 bits per heavy atom. The number of fused-ring (bicyclic) bond motifs is 3. The highest BCUT2D eigenvalue weighted by Crippen LogP contribution is 2.64. The van der Waals surface area contributed by atoms with Crippen molar-refractivity contribution in [3.05, 3.63) is 23.8 Å². The number of hydrogen-bond acceptors (Lipinski definition) is 0. The summed E-state index contributed by atoms with van der Waals surface area (Å²) >= 11 is 0. The maximum Gasteiger partial charge on any atom is 0.135 e. The Morgan fingerprint density at radius 2 is 1.77 bits per heavy atom. The van der Waals surface area contributed by atoms with Gasteiger partial charge >= 0.3 is 0 Å². The molecule has 1 heteroatoms. The van der Waals surface area contributed by atoms with Crippen LogP contribution in [0.25, 0.3) is 0 Å². The standard InChI is InChI=1S/C21H33F/c1-16-7-10-18(3,4)19(5)11-12-20(15-19)8-6-9-21(22,13-16)17(2)14-20/h7H,2,6,8-15H2,1,3-5H3/b16-7+. The molecule has 0 nitrogen and oxygen atoms in total. The number of halogens is 1. The largest absolute Gasteiger partial charge is 0.239 e. The van der Waals surface area contributed by atoms with E-state index >= 15 is 4.39 Å². The van der Waals surface area contributed by atoms with E-state index in [0.29, 0.717) is 29.1 Å². The Balaban J connectivity index is 2.06. The third kappa shape index (κ3) is 2.49. The molecule has 3 unspecified atom stereocenters. The first-order valence-corrected chi connectivity index (χ1v) is 9.13. The fraction of sp³-hybridized carbons (Fsp3) is 0.810. The van der Waals surface area contributed by atoms with Gasteiger partial charge in [-0.15, -0.1) is 0 Å². The van der Waals surface area contributed by atoms with E-state index in [4.69, 9.17) is 0 Å². The maximum atomic E-state index is 15.6. The van der Waals surface area contributed by atoms with Crippen molar-refractivity contribution in [1.82, 2.24) is 0 Å². The molecule has 0 N–H and O–H groups in total. The lowest BCUT2D eigenvalue weighted by atomic mass is 9.61. The lowest BCUT2D eigenvalue weighted by Crippen LogP contribution is -2.34. The summed E-state index contributed by atoms with van der Waals surface area (Å²) in [4.78, 5) is 0. The van der Waals surface area contributed by atoms with Crippen molar-refractivity contribution in [3.63, 3.8) is 0 Å². The quantitative estimate of drug-likeness (QED) is 0.433. The van der Waals surface area contributed by atoms with Crippen molar-refractivity contribution in [1.29, 1.82) is 0 Å². The molecular formula is C21H33F. The summed E-state index contributed by atoms with van der Waals surface area (Å²) in [6.07, 6.45) is 11.6. The van der Waals surface area contributed by atoms with Crippen molar-refractivity contribution >= 4 is 0 Å². The molecule has 22 heavy (non-hydrogen) atoms. The van der Waals surface area contributed by atoms with Crippen molar-refractivity contribution < 1.29 is 4.39 Å². The molecule has 3 rings (SSSR count). The van der Waals surface area contributed by atoms with E-state index in [-0.39, 0.29) is 0 Å². The summed E-state index contributed by atoms with van der Waals surface area (Å²) in [5.41, 5.74) is 1.94. The summed E-state index contributed by atoms with van der Waals surface area (Å²) in [6, 6.07) is 0. The van der Waals surface area contributed by atoms with Crippen LogP contribution in [0.5, 0.6) is 0 Å². The van der Waals surface area contributed by atoms with Gasteiger partial charge in [0.1, 0.15) is 5.67 Å². The van der Waals surface area contributed by atoms with Crippen molar-refractivity contribution in [3.8, 4) is 0 Å². The lowest BCUT2D eigenvalue weighted by Gasteiger charge is -2.43. The summed E-state index contributed by atoms with van der Waals surface area (Å²) in [5.74, 6) is 0. The summed E-state index contributed by atoms with van der Waals surface area (Å²) in [6.45, 7) is 13.7. The normalized spacial score (nSPS) is 47.5. The fourth-order valence-corrected chi connectivity index (χ4v) is 5.51. The van der Waals surface area contributed by atoms with E-state index in [1.54, 1.807) is 0 Å². The molecule has 0 aromatic rings. The third-order valence-corrected chi connectivity index (χ3v) is 7.63. The molecule has 0 aromatic heterocycles. The van der Waals surface area contributed by atoms with Crippen LogP contribution in [0, 0.1) is 16.2 Å². The van der Waals surface area contributed by atoms with E-state index in [1.165, 1.54) is 31.3 Å². The van der Waals surface area contributed by atoms with Crippen LogP contribution in [0.2, 0.25) is 0 Å². The maximum absolute atomic E-state index is 15.6. The van der Waals surface area contributed by atoms with E-state index < -0.39 is 5.67 Å². The highest BCUT2D eigenvalue weighted by Gasteiger charge is 2.54. The molecule has 0 amide bonds. The Morgan fingerprint density at radius 3 is 2.50 bits per heavy atom. The first kappa shape index (κ1) is 16.3. The molecule has 3 aliphatic rings. The lowest BCUT2D eigenvalue weighted by molar-refractivity contribution is 0.0775. The summed E-state index contributed by atoms with van der Waals surface area (Å²) in [7, 11) is 0. The second-order valence-electron chi connectivity index (χ2n) is 9.65. The van der Waals surface area contributed by atoms with Gasteiger partial charge in [0.15, 0.2) is 0 Å². The predicted molar refractivity (Wildman–Crippen MR) is 92.6 cm³/mol. The van der Waals surface area contributed by atoms with Crippen LogP contribution in [-0.2, 0) is 0 Å². The van der Waals surface area contributed by atoms with Crippen LogP contribution in [0.3, 0.4) is 0 Å². The van der Waals surface area contributed by atoms with Gasteiger partial charge in [-0.05, 0) is 80.1 Å². The zero-order chi connectivity index (χ0) is 16.2. The van der Waals surface area contributed by atoms with E-state index in [9.17, 15) is 0 Å². The average Bonchev–Trinajstić information content (AvgIpc) is 2.69. The van der Waals surface area contributed by atoms with Crippen LogP contribution in [-0.4, -0.2) is 5.67 Å². The second kappa shape index (κ2) is 4.95. The smallest absolute Gasteiger partial charge is 0.135 e. The minimum atomic E-state index is -1.16. The van der Waals surface area contributed by atoms with Gasteiger partial charge in [0.25, 0.3) is 0 Å². The average molecular weight is 304 g/mol. The van der Waals surface area contributed by atoms with Gasteiger partial charge in [-0.2, -0.15) is 0 Å². The van der Waals surface area contributed by atoms with E-state index in [2.05, 4.69) is 40.3 Å². The molecule has 0 aliphatic heterocycles. The molecule has 3 atom stereocenters. The Labute approximate surface area is 136 Å². The van der Waals surface area contributed by atoms with E-state index in [1.807, 2.05) is 0 Å². The molecule has 0 aromatic carbocycles. The van der Waals surface area contributed by atoms with Crippen molar-refractivity contribution in [2.24, 2.45) is 16.2 Å². The minimum Gasteiger partial charge on any atom is -0.239 e. The molecular weight excluding hydrogens is 271 g/mol. The molecule has 0 heterocycles. The minimum absolute atomic E-state index is 0.292. The van der Waals surface area contributed by atoms with Gasteiger partial charge < -0.3 is 0 Å². The van der Waals surface area contributed by atoms with Gasteiger partial charge in [-0.25, -0.2) is 4.39 Å². The van der Waals surface area contributed by atoms with Gasteiger partial charge in [0.2, 0.25) is 0 Å². The molecule has 0 radical (unpaired) electrons. The molecule has 3 aliphatic carbocycles. The van der Waals surface area contributed by atoms with Gasteiger partial charge in [-0.3, -0.25) is 0 Å². The van der Waals surface area contributed by atoms with Gasteiger partial charge in [0, 0.05) is 6.42 Å². The monoisotopic (exact) mass is 304 g/mol. The number of rotatable bonds is 0. The molecule has 2 fully saturated rings. The molecule has 124 valence electrons. The Hall–Kier alpha value is -0.590. The van der Waals surface area contributed by atoms with Crippen LogP contribution in [0.1, 0.15) is 85.5 Å². The molecule has 1 spiro atoms. The first-order chi connectivity index (χ1) is 10.1. The van der Waals surface area contributed by atoms with Gasteiger partial charge in [0.05, 0.1) is 0 Å². The predicted octanol–water partition coefficient (Wildman–Crippen LogP) is 6.77. The van der Waals surface area contributed by atoms with Crippen LogP contribution in [0.4, 0.5) is 4.39 Å². The molecule has 0 saturated heterocycles.